The Kier molecular flexibility index (Phi) is 8.12. The van der Waals surface area contributed by atoms with Crippen LogP contribution in [0.4, 0.5) is 0 Å². The molecule has 4 aromatic rings. The third-order valence-corrected chi connectivity index (χ3v) is 7.72. The van der Waals surface area contributed by atoms with Gasteiger partial charge in [0.25, 0.3) is 5.56 Å². The van der Waals surface area contributed by atoms with Crippen molar-refractivity contribution in [3.63, 3.8) is 0 Å². The maximum absolute atomic E-state index is 13.9. The van der Waals surface area contributed by atoms with Gasteiger partial charge in [0.2, 0.25) is 0 Å². The second-order valence-electron chi connectivity index (χ2n) is 9.18. The van der Waals surface area contributed by atoms with Gasteiger partial charge in [-0.05, 0) is 56.3 Å². The first-order valence-corrected chi connectivity index (χ1v) is 13.8. The minimum absolute atomic E-state index is 0.161. The van der Waals surface area contributed by atoms with Crippen LogP contribution in [0.25, 0.3) is 17.4 Å². The zero-order valence-electron chi connectivity index (χ0n) is 23.6. The smallest absolute Gasteiger partial charge is 0.338 e. The summed E-state index contributed by atoms with van der Waals surface area (Å²) in [5, 5.41) is 0. The lowest BCUT2D eigenvalue weighted by Crippen LogP contribution is -2.40. The van der Waals surface area contributed by atoms with Gasteiger partial charge in [-0.15, -0.1) is 0 Å². The summed E-state index contributed by atoms with van der Waals surface area (Å²) in [6.07, 6.45) is 1.64. The number of carbonyl (C=O) groups excluding carboxylic acids is 2. The Morgan fingerprint density at radius 3 is 2.45 bits per heavy atom. The zero-order chi connectivity index (χ0) is 30.0. The molecule has 0 saturated carbocycles. The second-order valence-corrected chi connectivity index (χ2v) is 10.2. The minimum Gasteiger partial charge on any atom is -0.497 e. The summed E-state index contributed by atoms with van der Waals surface area (Å²) < 4.78 is 29.0. The van der Waals surface area contributed by atoms with Gasteiger partial charge in [0.15, 0.2) is 4.80 Å². The van der Waals surface area contributed by atoms with Gasteiger partial charge in [-0.3, -0.25) is 9.36 Å². The lowest BCUT2D eigenvalue weighted by molar-refractivity contribution is -0.139. The number of thiazole rings is 1. The molecule has 0 radical (unpaired) electrons. The number of methoxy groups -OCH3 is 3. The summed E-state index contributed by atoms with van der Waals surface area (Å²) in [7, 11) is 4.39. The van der Waals surface area contributed by atoms with E-state index in [1.807, 2.05) is 0 Å². The normalized spacial score (nSPS) is 14.7. The molecule has 0 fully saturated rings. The number of ether oxygens (including phenoxy) is 4. The quantitative estimate of drug-likeness (QED) is 0.285. The van der Waals surface area contributed by atoms with Crippen LogP contribution in [0.1, 0.15) is 41.6 Å². The Morgan fingerprint density at radius 2 is 1.79 bits per heavy atom. The van der Waals surface area contributed by atoms with Crippen LogP contribution in [0.3, 0.4) is 0 Å². The van der Waals surface area contributed by atoms with E-state index in [-0.39, 0.29) is 17.7 Å². The van der Waals surface area contributed by atoms with Gasteiger partial charge in [0.1, 0.15) is 29.1 Å². The highest BCUT2D eigenvalue weighted by molar-refractivity contribution is 7.07. The Balaban J connectivity index is 1.62. The van der Waals surface area contributed by atoms with E-state index in [1.165, 1.54) is 37.2 Å². The lowest BCUT2D eigenvalue weighted by Gasteiger charge is -2.26. The molecule has 1 aliphatic rings. The van der Waals surface area contributed by atoms with E-state index in [9.17, 15) is 14.4 Å². The van der Waals surface area contributed by atoms with Crippen LogP contribution in [-0.2, 0) is 14.3 Å². The second kappa shape index (κ2) is 11.9. The largest absolute Gasteiger partial charge is 0.497 e. The van der Waals surface area contributed by atoms with Crippen molar-refractivity contribution in [2.45, 2.75) is 19.9 Å². The fourth-order valence-corrected chi connectivity index (χ4v) is 5.77. The van der Waals surface area contributed by atoms with Crippen LogP contribution in [0, 0.1) is 0 Å². The highest BCUT2D eigenvalue weighted by atomic mass is 32.1. The van der Waals surface area contributed by atoms with E-state index < -0.39 is 18.0 Å². The molecule has 0 unspecified atom stereocenters. The molecule has 0 saturated heterocycles. The maximum Gasteiger partial charge on any atom is 0.338 e. The highest BCUT2D eigenvalue weighted by Crippen LogP contribution is 2.37. The van der Waals surface area contributed by atoms with Gasteiger partial charge in [-0.25, -0.2) is 14.6 Å². The number of esters is 2. The molecular weight excluding hydrogens is 560 g/mol. The van der Waals surface area contributed by atoms with Crippen LogP contribution in [0.2, 0.25) is 0 Å². The van der Waals surface area contributed by atoms with Crippen molar-refractivity contribution in [2.24, 2.45) is 4.99 Å². The van der Waals surface area contributed by atoms with Crippen LogP contribution >= 0.6 is 11.3 Å². The first-order chi connectivity index (χ1) is 20.3. The number of fused-ring (bicyclic) bond motifs is 1. The summed E-state index contributed by atoms with van der Waals surface area (Å²) in [6, 6.07) is 14.7. The summed E-state index contributed by atoms with van der Waals surface area (Å²) in [4.78, 5) is 43.9. The number of carbonyl (C=O) groups is 2. The molecule has 2 aromatic heterocycles. The van der Waals surface area contributed by atoms with Crippen molar-refractivity contribution in [3.8, 4) is 22.8 Å². The Hall–Kier alpha value is -4.90. The molecule has 0 bridgehead atoms. The van der Waals surface area contributed by atoms with Crippen LogP contribution in [0.5, 0.6) is 11.5 Å². The molecule has 42 heavy (non-hydrogen) atoms. The molecule has 0 amide bonds. The van der Waals surface area contributed by atoms with Gasteiger partial charge < -0.3 is 23.4 Å². The SMILES string of the molecule is CCOC(=O)C1=C(C)N=c2s/c(=C\c3ccc(-c4ccc(C(=O)OC)cc4)o3)c(=O)n2[C@H]1c1cc(OC)ccc1OC. The van der Waals surface area contributed by atoms with E-state index in [4.69, 9.17) is 23.4 Å². The van der Waals surface area contributed by atoms with E-state index >= 15 is 0 Å². The predicted octanol–water partition coefficient (Wildman–Crippen LogP) is 3.86. The zero-order valence-corrected chi connectivity index (χ0v) is 24.4. The minimum atomic E-state index is -0.868. The van der Waals surface area contributed by atoms with Gasteiger partial charge >= 0.3 is 11.9 Å². The Labute approximate surface area is 244 Å². The third kappa shape index (κ3) is 5.26. The van der Waals surface area contributed by atoms with Crippen LogP contribution in [0.15, 0.2) is 80.1 Å². The summed E-state index contributed by atoms with van der Waals surface area (Å²) in [5.74, 6) is 1.02. The van der Waals surface area contributed by atoms with Gasteiger partial charge in [0.05, 0.1) is 49.3 Å². The summed E-state index contributed by atoms with van der Waals surface area (Å²) >= 11 is 1.18. The number of rotatable bonds is 8. The highest BCUT2D eigenvalue weighted by Gasteiger charge is 2.35. The molecular formula is C31H28N2O8S. The molecule has 0 spiro atoms. The van der Waals surface area contributed by atoms with Gasteiger partial charge in [-0.1, -0.05) is 23.5 Å². The first kappa shape index (κ1) is 28.6. The topological polar surface area (TPSA) is 119 Å². The van der Waals surface area contributed by atoms with Crippen molar-refractivity contribution >= 4 is 29.4 Å². The van der Waals surface area contributed by atoms with Crippen LogP contribution < -0.4 is 24.4 Å². The average molecular weight is 589 g/mol. The van der Waals surface area contributed by atoms with Crippen molar-refractivity contribution in [3.05, 3.63) is 102 Å². The van der Waals surface area contributed by atoms with Crippen molar-refractivity contribution < 1.29 is 33.0 Å². The number of furan rings is 1. The molecule has 3 heterocycles. The average Bonchev–Trinajstić information content (AvgIpc) is 3.59. The van der Waals surface area contributed by atoms with E-state index in [2.05, 4.69) is 4.99 Å². The predicted molar refractivity (Wildman–Crippen MR) is 155 cm³/mol. The Bertz CT molecular complexity index is 1880. The van der Waals surface area contributed by atoms with E-state index in [0.29, 0.717) is 49.2 Å². The molecule has 1 atom stereocenters. The third-order valence-electron chi connectivity index (χ3n) is 6.74. The van der Waals surface area contributed by atoms with Crippen molar-refractivity contribution in [1.29, 1.82) is 0 Å². The number of benzene rings is 2. The number of aromatic nitrogens is 1. The molecule has 11 heteroatoms. The molecule has 5 rings (SSSR count). The number of nitrogens with zero attached hydrogens (tertiary/aromatic N) is 2. The standard InChI is InChI=1S/C31H28N2O8S/c1-6-40-30(36)26-17(2)32-31-33(27(26)22-15-20(37-3)11-14-24(22)38-4)28(34)25(42-31)16-21-12-13-23(41-21)18-7-9-19(10-8-18)29(35)39-5/h7-16,27H,6H2,1-5H3/b25-16-/t27-/m0/s1. The maximum atomic E-state index is 13.9. The molecule has 0 N–H and O–H groups in total. The summed E-state index contributed by atoms with van der Waals surface area (Å²) in [5.41, 5.74) is 2.04. The summed E-state index contributed by atoms with van der Waals surface area (Å²) in [6.45, 7) is 3.59. The Morgan fingerprint density at radius 1 is 1.02 bits per heavy atom. The first-order valence-electron chi connectivity index (χ1n) is 13.0. The lowest BCUT2D eigenvalue weighted by atomic mass is 9.95. The fourth-order valence-electron chi connectivity index (χ4n) is 4.74. The van der Waals surface area contributed by atoms with Crippen molar-refractivity contribution in [1.82, 2.24) is 4.57 Å². The monoisotopic (exact) mass is 588 g/mol. The van der Waals surface area contributed by atoms with Crippen LogP contribution in [-0.4, -0.2) is 44.4 Å². The fraction of sp³-hybridized carbons (Fsp3) is 0.226. The van der Waals surface area contributed by atoms with E-state index in [1.54, 1.807) is 74.5 Å². The number of hydrogen-bond donors (Lipinski definition) is 0. The molecule has 216 valence electrons. The number of hydrogen-bond acceptors (Lipinski definition) is 10. The van der Waals surface area contributed by atoms with E-state index in [0.717, 1.165) is 5.56 Å². The molecule has 10 nitrogen and oxygen atoms in total. The molecule has 1 aliphatic heterocycles. The molecule has 2 aromatic carbocycles. The van der Waals surface area contributed by atoms with Crippen molar-refractivity contribution in [2.75, 3.05) is 27.9 Å². The van der Waals surface area contributed by atoms with Gasteiger partial charge in [0, 0.05) is 17.2 Å². The molecule has 0 aliphatic carbocycles. The number of allylic oxidation sites excluding steroid dienone is 1. The van der Waals surface area contributed by atoms with Gasteiger partial charge in [-0.2, -0.15) is 0 Å².